The molecule has 2 N–H and O–H groups in total. The van der Waals surface area contributed by atoms with Crippen LogP contribution in [-0.4, -0.2) is 22.2 Å². The van der Waals surface area contributed by atoms with Crippen LogP contribution >= 0.6 is 0 Å². The average molecular weight is 212 g/mol. The summed E-state index contributed by atoms with van der Waals surface area (Å²) in [5.41, 5.74) is -1.83. The molecule has 0 saturated heterocycles. The number of carbonyl (C=O) groups is 2. The monoisotopic (exact) mass is 212 g/mol. The molecule has 2 bridgehead atoms. The normalized spacial score (nSPS) is 45.9. The molecule has 0 radical (unpaired) electrons. The van der Waals surface area contributed by atoms with Crippen molar-refractivity contribution in [2.24, 2.45) is 22.2 Å². The van der Waals surface area contributed by atoms with Crippen LogP contribution in [0.3, 0.4) is 0 Å². The highest BCUT2D eigenvalue weighted by Crippen LogP contribution is 2.80. The summed E-state index contributed by atoms with van der Waals surface area (Å²) < 4.78 is 0. The Kier molecular flexibility index (Phi) is 1.65. The van der Waals surface area contributed by atoms with Crippen LogP contribution in [0.4, 0.5) is 0 Å². The predicted octanol–water partition coefficient (Wildman–Crippen LogP) is 1.60. The van der Waals surface area contributed by atoms with Crippen molar-refractivity contribution < 1.29 is 19.8 Å². The van der Waals surface area contributed by atoms with Crippen molar-refractivity contribution in [3.63, 3.8) is 0 Å². The van der Waals surface area contributed by atoms with Crippen LogP contribution in [0.5, 0.6) is 0 Å². The topological polar surface area (TPSA) is 74.6 Å². The lowest BCUT2D eigenvalue weighted by Gasteiger charge is -2.63. The third kappa shape index (κ3) is 0.734. The SMILES string of the molecule is CC12CCC(C(=O)O)(C1C(=O)O)C2(C)C. The smallest absolute Gasteiger partial charge is 0.311 e. The highest BCUT2D eigenvalue weighted by atomic mass is 16.4. The zero-order chi connectivity index (χ0) is 11.6. The first kappa shape index (κ1) is 10.5. The molecule has 3 saturated carbocycles. The van der Waals surface area contributed by atoms with Gasteiger partial charge in [0.05, 0.1) is 11.3 Å². The molecule has 3 rings (SSSR count). The lowest BCUT2D eigenvalue weighted by Crippen LogP contribution is -2.68. The van der Waals surface area contributed by atoms with Crippen LogP contribution in [0.1, 0.15) is 33.6 Å². The maximum absolute atomic E-state index is 11.4. The molecule has 0 spiro atoms. The molecular formula is C11H16O4. The first-order valence-electron chi connectivity index (χ1n) is 5.18. The van der Waals surface area contributed by atoms with E-state index in [2.05, 4.69) is 0 Å². The van der Waals surface area contributed by atoms with E-state index in [0.717, 1.165) is 0 Å². The molecule has 4 heteroatoms. The Morgan fingerprint density at radius 1 is 1.13 bits per heavy atom. The van der Waals surface area contributed by atoms with Crippen molar-refractivity contribution in [2.45, 2.75) is 33.6 Å². The summed E-state index contributed by atoms with van der Waals surface area (Å²) in [4.78, 5) is 22.6. The highest BCUT2D eigenvalue weighted by molar-refractivity contribution is 5.89. The largest absolute Gasteiger partial charge is 0.481 e. The minimum absolute atomic E-state index is 0.364. The molecule has 3 atom stereocenters. The molecule has 3 aliphatic rings. The molecule has 3 unspecified atom stereocenters. The zero-order valence-electron chi connectivity index (χ0n) is 9.20. The quantitative estimate of drug-likeness (QED) is 0.729. The van der Waals surface area contributed by atoms with Gasteiger partial charge in [-0.3, -0.25) is 9.59 Å². The fourth-order valence-electron chi connectivity index (χ4n) is 4.05. The van der Waals surface area contributed by atoms with Gasteiger partial charge in [0, 0.05) is 0 Å². The van der Waals surface area contributed by atoms with E-state index in [1.165, 1.54) is 0 Å². The van der Waals surface area contributed by atoms with Gasteiger partial charge in [-0.2, -0.15) is 0 Å². The van der Waals surface area contributed by atoms with Gasteiger partial charge in [0.25, 0.3) is 0 Å². The molecule has 0 aliphatic heterocycles. The third-order valence-corrected chi connectivity index (χ3v) is 5.34. The van der Waals surface area contributed by atoms with Crippen molar-refractivity contribution in [3.8, 4) is 0 Å². The molecule has 15 heavy (non-hydrogen) atoms. The minimum atomic E-state index is -1.05. The van der Waals surface area contributed by atoms with E-state index in [4.69, 9.17) is 5.11 Å². The lowest BCUT2D eigenvalue weighted by molar-refractivity contribution is -0.224. The number of carboxylic acid groups (broad SMARTS) is 2. The van der Waals surface area contributed by atoms with Gasteiger partial charge in [0.2, 0.25) is 0 Å². The summed E-state index contributed by atoms with van der Waals surface area (Å²) in [6.45, 7) is 5.67. The molecule has 84 valence electrons. The second-order valence-electron chi connectivity index (χ2n) is 5.59. The van der Waals surface area contributed by atoms with Gasteiger partial charge in [0.15, 0.2) is 0 Å². The molecule has 3 fully saturated rings. The van der Waals surface area contributed by atoms with Crippen LogP contribution in [0.15, 0.2) is 0 Å². The molecule has 0 heterocycles. The Morgan fingerprint density at radius 3 is 1.93 bits per heavy atom. The van der Waals surface area contributed by atoms with Gasteiger partial charge in [-0.05, 0) is 23.7 Å². The van der Waals surface area contributed by atoms with E-state index < -0.39 is 28.7 Å². The number of carboxylic acids is 2. The van der Waals surface area contributed by atoms with Crippen LogP contribution in [-0.2, 0) is 9.59 Å². The van der Waals surface area contributed by atoms with Gasteiger partial charge < -0.3 is 10.2 Å². The van der Waals surface area contributed by atoms with Crippen LogP contribution in [0, 0.1) is 22.2 Å². The standard InChI is InChI=1S/C11H16O4/c1-9(2)10(3)4-5-11(9,8(14)15)6(10)7(12)13/h6H,4-5H2,1-3H3,(H,12,13)(H,14,15). The van der Waals surface area contributed by atoms with Crippen molar-refractivity contribution in [1.82, 2.24) is 0 Å². The van der Waals surface area contributed by atoms with E-state index in [1.54, 1.807) is 0 Å². The Balaban J connectivity index is 2.55. The summed E-state index contributed by atoms with van der Waals surface area (Å²) in [6.07, 6.45) is 1.19. The molecular weight excluding hydrogens is 196 g/mol. The van der Waals surface area contributed by atoms with E-state index in [1.807, 2.05) is 20.8 Å². The van der Waals surface area contributed by atoms with E-state index in [-0.39, 0.29) is 5.41 Å². The van der Waals surface area contributed by atoms with Gasteiger partial charge in [-0.25, -0.2) is 0 Å². The fourth-order valence-corrected chi connectivity index (χ4v) is 4.05. The van der Waals surface area contributed by atoms with Gasteiger partial charge >= 0.3 is 11.9 Å². The van der Waals surface area contributed by atoms with Crippen molar-refractivity contribution in [3.05, 3.63) is 0 Å². The molecule has 4 nitrogen and oxygen atoms in total. The van der Waals surface area contributed by atoms with E-state index in [0.29, 0.717) is 12.8 Å². The Morgan fingerprint density at radius 2 is 1.67 bits per heavy atom. The summed E-state index contributed by atoms with van der Waals surface area (Å²) in [6, 6.07) is 0. The second kappa shape index (κ2) is 2.36. The van der Waals surface area contributed by atoms with Crippen LogP contribution in [0.2, 0.25) is 0 Å². The number of hydrogen-bond acceptors (Lipinski definition) is 2. The van der Waals surface area contributed by atoms with Gasteiger partial charge in [0.1, 0.15) is 0 Å². The van der Waals surface area contributed by atoms with Crippen molar-refractivity contribution in [2.75, 3.05) is 0 Å². The summed E-state index contributed by atoms with van der Waals surface area (Å²) in [7, 11) is 0. The van der Waals surface area contributed by atoms with Crippen molar-refractivity contribution >= 4 is 11.9 Å². The Bertz CT molecular complexity index is 357. The Labute approximate surface area is 88.3 Å². The van der Waals surface area contributed by atoms with Gasteiger partial charge in [-0.1, -0.05) is 20.8 Å². The molecule has 0 amide bonds. The molecule has 0 aromatic rings. The van der Waals surface area contributed by atoms with Crippen molar-refractivity contribution in [1.29, 1.82) is 0 Å². The first-order valence-corrected chi connectivity index (χ1v) is 5.18. The molecule has 3 aliphatic carbocycles. The van der Waals surface area contributed by atoms with Gasteiger partial charge in [-0.15, -0.1) is 0 Å². The van der Waals surface area contributed by atoms with Crippen LogP contribution in [0.25, 0.3) is 0 Å². The average Bonchev–Trinajstić information content (AvgIpc) is 2.51. The second-order valence-corrected chi connectivity index (χ2v) is 5.59. The highest BCUT2D eigenvalue weighted by Gasteiger charge is 2.83. The van der Waals surface area contributed by atoms with E-state index >= 15 is 0 Å². The first-order chi connectivity index (χ1) is 6.72. The summed E-state index contributed by atoms with van der Waals surface area (Å²) in [5, 5.41) is 18.5. The predicted molar refractivity (Wildman–Crippen MR) is 52.3 cm³/mol. The number of aliphatic carboxylic acids is 2. The number of fused-ring (bicyclic) bond motifs is 1. The maximum atomic E-state index is 11.4. The third-order valence-electron chi connectivity index (χ3n) is 5.34. The van der Waals surface area contributed by atoms with E-state index in [9.17, 15) is 14.7 Å². The Hall–Kier alpha value is -1.06. The lowest BCUT2D eigenvalue weighted by atomic mass is 9.38. The summed E-state index contributed by atoms with van der Waals surface area (Å²) >= 11 is 0. The molecule has 0 aromatic heterocycles. The zero-order valence-corrected chi connectivity index (χ0v) is 9.20. The van der Waals surface area contributed by atoms with Crippen LogP contribution < -0.4 is 0 Å². The maximum Gasteiger partial charge on any atom is 0.311 e. The number of hydrogen-bond donors (Lipinski definition) is 2. The minimum Gasteiger partial charge on any atom is -0.481 e. The number of rotatable bonds is 2. The fraction of sp³-hybridized carbons (Fsp3) is 0.818. The summed E-state index contributed by atoms with van der Waals surface area (Å²) in [5.74, 6) is -2.64. The molecule has 0 aromatic carbocycles.